The molecule has 0 saturated heterocycles. The van der Waals surface area contributed by atoms with Crippen LogP contribution in [0.15, 0.2) is 54.6 Å². The van der Waals surface area contributed by atoms with E-state index in [4.69, 9.17) is 0 Å². The van der Waals surface area contributed by atoms with E-state index in [0.717, 1.165) is 0 Å². The van der Waals surface area contributed by atoms with Crippen molar-refractivity contribution in [1.29, 1.82) is 0 Å². The summed E-state index contributed by atoms with van der Waals surface area (Å²) in [7, 11) is 1.95. The molecular formula is C14H16Si3. The predicted molar refractivity (Wildman–Crippen MR) is 88.1 cm³/mol. The Labute approximate surface area is 109 Å². The molecule has 0 aliphatic heterocycles. The lowest BCUT2D eigenvalue weighted by molar-refractivity contribution is 1.78. The number of hydrogen-bond donors (Lipinski definition) is 0. The lowest BCUT2D eigenvalue weighted by Gasteiger charge is -2.07. The fourth-order valence-electron chi connectivity index (χ4n) is 2.52. The predicted octanol–water partition coefficient (Wildman–Crippen LogP) is 0.151. The van der Waals surface area contributed by atoms with E-state index in [2.05, 4.69) is 54.6 Å². The summed E-state index contributed by atoms with van der Waals surface area (Å²) in [4.78, 5) is 0. The molecule has 0 aromatic heterocycles. The molecule has 0 saturated carbocycles. The van der Waals surface area contributed by atoms with Crippen LogP contribution in [0.2, 0.25) is 0 Å². The zero-order chi connectivity index (χ0) is 11.7. The molecule has 84 valence electrons. The Hall–Kier alpha value is -1.17. The van der Waals surface area contributed by atoms with Gasteiger partial charge in [-0.25, -0.2) is 0 Å². The Kier molecular flexibility index (Phi) is 2.96. The summed E-state index contributed by atoms with van der Waals surface area (Å²) in [5.74, 6) is 0. The minimum absolute atomic E-state index is 0.111. The Bertz CT molecular complexity index is 676. The van der Waals surface area contributed by atoms with E-state index < -0.39 is 0 Å². The summed E-state index contributed by atoms with van der Waals surface area (Å²) in [6.07, 6.45) is 0. The van der Waals surface area contributed by atoms with E-state index in [-0.39, 0.29) is 9.04 Å². The average molecular weight is 269 g/mol. The molecule has 0 N–H and O–H groups in total. The van der Waals surface area contributed by atoms with Crippen LogP contribution in [0.25, 0.3) is 21.5 Å². The lowest BCUT2D eigenvalue weighted by Crippen LogP contribution is -2.21. The third-order valence-corrected chi connectivity index (χ3v) is 12.6. The standard InChI is InChI=1S/C14H16Si3/c15-17-16-14-7-3-6-12-8-10-4-1-2-5-11(10)9-13(12)14/h1-9H,16-17H2,15H3. The second-order valence-electron chi connectivity index (χ2n) is 4.59. The van der Waals surface area contributed by atoms with Crippen molar-refractivity contribution in [2.75, 3.05) is 0 Å². The monoisotopic (exact) mass is 268 g/mol. The molecule has 0 nitrogen and oxygen atoms in total. The molecular weight excluding hydrogens is 252 g/mol. The van der Waals surface area contributed by atoms with Gasteiger partial charge in [0, 0.05) is 9.04 Å². The lowest BCUT2D eigenvalue weighted by atomic mass is 10.0. The maximum Gasteiger partial charge on any atom is 0.0397 e. The van der Waals surface area contributed by atoms with Crippen LogP contribution in [0.1, 0.15) is 0 Å². The van der Waals surface area contributed by atoms with Gasteiger partial charge in [-0.05, 0) is 52.0 Å². The summed E-state index contributed by atoms with van der Waals surface area (Å²) in [6, 6.07) is 20.3. The molecule has 0 atom stereocenters. The van der Waals surface area contributed by atoms with Crippen LogP contribution in [0, 0.1) is 0 Å². The summed E-state index contributed by atoms with van der Waals surface area (Å²) < 4.78 is 0. The van der Waals surface area contributed by atoms with Crippen LogP contribution >= 0.6 is 0 Å². The van der Waals surface area contributed by atoms with Crippen LogP contribution in [0.5, 0.6) is 0 Å². The van der Waals surface area contributed by atoms with Crippen molar-refractivity contribution in [2.24, 2.45) is 0 Å². The number of hydrogen-bond acceptors (Lipinski definition) is 0. The maximum absolute atomic E-state index is 2.40. The summed E-state index contributed by atoms with van der Waals surface area (Å²) in [6.45, 7) is 0. The molecule has 3 aromatic rings. The van der Waals surface area contributed by atoms with Crippen LogP contribution in [-0.2, 0) is 0 Å². The Morgan fingerprint density at radius 3 is 2.24 bits per heavy atom. The van der Waals surface area contributed by atoms with Crippen molar-refractivity contribution < 1.29 is 0 Å². The molecule has 3 heteroatoms. The molecule has 0 spiro atoms. The summed E-state index contributed by atoms with van der Waals surface area (Å²) in [5.41, 5.74) is 0. The van der Waals surface area contributed by atoms with E-state index in [1.807, 2.05) is 0 Å². The molecule has 0 radical (unpaired) electrons. The van der Waals surface area contributed by atoms with Crippen LogP contribution in [0.3, 0.4) is 0 Å². The van der Waals surface area contributed by atoms with Crippen molar-refractivity contribution in [1.82, 2.24) is 0 Å². The SMILES string of the molecule is [SiH3][SiH2][SiH2]c1cccc2cc3ccccc3cc12. The highest BCUT2D eigenvalue weighted by atomic mass is 29.5. The van der Waals surface area contributed by atoms with E-state index in [0.29, 0.717) is 8.55 Å². The third-order valence-electron chi connectivity index (χ3n) is 3.36. The Morgan fingerprint density at radius 1 is 0.765 bits per heavy atom. The van der Waals surface area contributed by atoms with Gasteiger partial charge in [-0.3, -0.25) is 0 Å². The molecule has 0 bridgehead atoms. The van der Waals surface area contributed by atoms with Gasteiger partial charge in [-0.15, -0.1) is 0 Å². The minimum Gasteiger partial charge on any atom is -0.0634 e. The molecule has 0 heterocycles. The first kappa shape index (κ1) is 11.0. The molecule has 3 rings (SSSR count). The molecule has 0 unspecified atom stereocenters. The topological polar surface area (TPSA) is 0 Å². The zero-order valence-corrected chi connectivity index (χ0v) is 14.9. The smallest absolute Gasteiger partial charge is 0.0397 e. The van der Waals surface area contributed by atoms with Gasteiger partial charge in [0.15, 0.2) is 0 Å². The van der Waals surface area contributed by atoms with Crippen LogP contribution in [0.4, 0.5) is 0 Å². The Balaban J connectivity index is 2.35. The van der Waals surface area contributed by atoms with Gasteiger partial charge in [-0.2, -0.15) is 0 Å². The van der Waals surface area contributed by atoms with Crippen molar-refractivity contribution in [2.45, 2.75) is 0 Å². The van der Waals surface area contributed by atoms with Crippen molar-refractivity contribution >= 4 is 54.1 Å². The zero-order valence-electron chi connectivity index (χ0n) is 10.1. The van der Waals surface area contributed by atoms with E-state index in [9.17, 15) is 0 Å². The molecule has 0 aliphatic carbocycles. The highest BCUT2D eigenvalue weighted by Crippen LogP contribution is 2.21. The largest absolute Gasteiger partial charge is 0.0634 e. The first-order valence-corrected chi connectivity index (χ1v) is 16.7. The maximum atomic E-state index is 2.40. The van der Waals surface area contributed by atoms with Crippen molar-refractivity contribution in [3.63, 3.8) is 0 Å². The number of rotatable bonds is 2. The summed E-state index contributed by atoms with van der Waals surface area (Å²) >= 11 is 0. The second kappa shape index (κ2) is 4.60. The first-order chi connectivity index (χ1) is 8.38. The molecule has 0 aliphatic rings. The normalized spacial score (nSPS) is 12.7. The van der Waals surface area contributed by atoms with E-state index >= 15 is 0 Å². The minimum atomic E-state index is 0.111. The van der Waals surface area contributed by atoms with Gasteiger partial charge in [0.25, 0.3) is 0 Å². The molecule has 3 aromatic carbocycles. The Morgan fingerprint density at radius 2 is 1.47 bits per heavy atom. The summed E-state index contributed by atoms with van der Waals surface area (Å²) in [5, 5.41) is 7.41. The van der Waals surface area contributed by atoms with E-state index in [1.54, 1.807) is 5.19 Å². The van der Waals surface area contributed by atoms with Crippen LogP contribution in [-0.4, -0.2) is 27.4 Å². The van der Waals surface area contributed by atoms with Crippen LogP contribution < -0.4 is 5.19 Å². The van der Waals surface area contributed by atoms with Gasteiger partial charge in [0.1, 0.15) is 0 Å². The van der Waals surface area contributed by atoms with Crippen molar-refractivity contribution in [3.05, 3.63) is 54.6 Å². The van der Waals surface area contributed by atoms with Gasteiger partial charge >= 0.3 is 0 Å². The highest BCUT2D eigenvalue weighted by molar-refractivity contribution is 7.28. The fourth-order valence-corrected chi connectivity index (χ4v) is 11.7. The van der Waals surface area contributed by atoms with Gasteiger partial charge in [0.2, 0.25) is 0 Å². The second-order valence-corrected chi connectivity index (χ2v) is 20.3. The number of benzene rings is 3. The van der Waals surface area contributed by atoms with Gasteiger partial charge in [0.05, 0.1) is 0 Å². The number of fused-ring (bicyclic) bond motifs is 2. The fraction of sp³-hybridized carbons (Fsp3) is 0. The quantitative estimate of drug-likeness (QED) is 0.459. The first-order valence-electron chi connectivity index (χ1n) is 6.29. The molecule has 0 amide bonds. The average Bonchev–Trinajstić information content (AvgIpc) is 2.37. The van der Waals surface area contributed by atoms with Gasteiger partial charge < -0.3 is 0 Å². The van der Waals surface area contributed by atoms with Crippen molar-refractivity contribution in [3.8, 4) is 0 Å². The molecule has 17 heavy (non-hydrogen) atoms. The van der Waals surface area contributed by atoms with Gasteiger partial charge in [-0.1, -0.05) is 47.7 Å². The third kappa shape index (κ3) is 2.01. The highest BCUT2D eigenvalue weighted by Gasteiger charge is 2.02. The molecule has 0 fully saturated rings. The van der Waals surface area contributed by atoms with E-state index in [1.165, 1.54) is 31.3 Å².